The SMILES string of the molecule is O=C(O)CCCCCN1C(=O)C(=Cc2ccc(Oc3ccc(Cl)cc3)cc2Cl)SC1=S. The third-order valence-corrected chi connectivity index (χ3v) is 6.41. The van der Waals surface area contributed by atoms with E-state index in [4.69, 9.17) is 45.3 Å². The molecule has 0 spiro atoms. The zero-order chi connectivity index (χ0) is 22.4. The highest BCUT2D eigenvalue weighted by molar-refractivity contribution is 8.26. The number of aliphatic carboxylic acids is 1. The summed E-state index contributed by atoms with van der Waals surface area (Å²) in [7, 11) is 0. The summed E-state index contributed by atoms with van der Waals surface area (Å²) in [6.45, 7) is 0.475. The van der Waals surface area contributed by atoms with Crippen molar-refractivity contribution in [3.63, 3.8) is 0 Å². The van der Waals surface area contributed by atoms with Crippen LogP contribution in [-0.4, -0.2) is 32.7 Å². The van der Waals surface area contributed by atoms with Crippen LogP contribution in [0.15, 0.2) is 47.4 Å². The van der Waals surface area contributed by atoms with Gasteiger partial charge in [-0.05, 0) is 66.9 Å². The number of thioether (sulfide) groups is 1. The molecule has 0 bridgehead atoms. The lowest BCUT2D eigenvalue weighted by Gasteiger charge is -2.13. The highest BCUT2D eigenvalue weighted by Crippen LogP contribution is 2.35. The summed E-state index contributed by atoms with van der Waals surface area (Å²) >= 11 is 18.9. The maximum absolute atomic E-state index is 12.7. The molecule has 1 aliphatic heterocycles. The minimum absolute atomic E-state index is 0.133. The monoisotopic (exact) mass is 495 g/mol. The first-order chi connectivity index (χ1) is 14.8. The minimum atomic E-state index is -0.810. The van der Waals surface area contributed by atoms with Crippen LogP contribution < -0.4 is 4.74 Å². The Morgan fingerprint density at radius 1 is 1.10 bits per heavy atom. The average molecular weight is 496 g/mol. The van der Waals surface area contributed by atoms with E-state index >= 15 is 0 Å². The molecule has 1 amide bonds. The predicted octanol–water partition coefficient (Wildman–Crippen LogP) is 6.63. The highest BCUT2D eigenvalue weighted by atomic mass is 35.5. The van der Waals surface area contributed by atoms with E-state index in [0.29, 0.717) is 55.7 Å². The zero-order valence-electron chi connectivity index (χ0n) is 16.3. The minimum Gasteiger partial charge on any atom is -0.481 e. The van der Waals surface area contributed by atoms with Gasteiger partial charge in [-0.3, -0.25) is 14.5 Å². The van der Waals surface area contributed by atoms with E-state index in [1.165, 1.54) is 11.8 Å². The van der Waals surface area contributed by atoms with E-state index in [2.05, 4.69) is 0 Å². The normalized spacial score (nSPS) is 15.0. The smallest absolute Gasteiger partial charge is 0.303 e. The number of carboxylic acids is 1. The average Bonchev–Trinajstić information content (AvgIpc) is 2.98. The van der Waals surface area contributed by atoms with Gasteiger partial charge in [0.05, 0.1) is 9.93 Å². The van der Waals surface area contributed by atoms with Gasteiger partial charge in [-0.2, -0.15) is 0 Å². The van der Waals surface area contributed by atoms with Crippen LogP contribution in [0, 0.1) is 0 Å². The molecule has 2 aromatic rings. The molecule has 1 fully saturated rings. The molecule has 0 aliphatic carbocycles. The van der Waals surface area contributed by atoms with Gasteiger partial charge in [-0.1, -0.05) is 53.6 Å². The van der Waals surface area contributed by atoms with E-state index in [1.807, 2.05) is 0 Å². The van der Waals surface area contributed by atoms with Crippen molar-refractivity contribution in [3.05, 3.63) is 63.0 Å². The lowest BCUT2D eigenvalue weighted by Crippen LogP contribution is -2.29. The number of benzene rings is 2. The van der Waals surface area contributed by atoms with Crippen molar-refractivity contribution in [1.82, 2.24) is 4.90 Å². The molecule has 5 nitrogen and oxygen atoms in total. The van der Waals surface area contributed by atoms with Gasteiger partial charge in [0.2, 0.25) is 0 Å². The van der Waals surface area contributed by atoms with E-state index in [1.54, 1.807) is 53.4 Å². The molecule has 1 N–H and O–H groups in total. The zero-order valence-corrected chi connectivity index (χ0v) is 19.5. The van der Waals surface area contributed by atoms with Crippen molar-refractivity contribution in [1.29, 1.82) is 0 Å². The number of carbonyl (C=O) groups is 2. The van der Waals surface area contributed by atoms with Crippen molar-refractivity contribution in [2.45, 2.75) is 25.7 Å². The Morgan fingerprint density at radius 3 is 2.48 bits per heavy atom. The van der Waals surface area contributed by atoms with Gasteiger partial charge in [-0.25, -0.2) is 0 Å². The molecule has 2 aromatic carbocycles. The summed E-state index contributed by atoms with van der Waals surface area (Å²) in [4.78, 5) is 25.3. The van der Waals surface area contributed by atoms with Crippen LogP contribution in [0.2, 0.25) is 10.0 Å². The molecule has 162 valence electrons. The number of rotatable bonds is 9. The maximum atomic E-state index is 12.7. The standard InChI is InChI=1S/C22H19Cl2NO4S2/c23-15-6-9-16(10-7-15)29-17-8-5-14(18(24)13-17)12-19-21(28)25(22(30)31-19)11-3-1-2-4-20(26)27/h5-10,12-13H,1-4,11H2,(H,26,27). The van der Waals surface area contributed by atoms with Crippen LogP contribution >= 0.6 is 47.2 Å². The molecule has 1 heterocycles. The number of thiocarbonyl (C=S) groups is 1. The fraction of sp³-hybridized carbons (Fsp3) is 0.227. The lowest BCUT2D eigenvalue weighted by atomic mass is 10.2. The van der Waals surface area contributed by atoms with E-state index in [0.717, 1.165) is 6.42 Å². The number of amides is 1. The number of hydrogen-bond donors (Lipinski definition) is 1. The molecule has 0 atom stereocenters. The molecular formula is C22H19Cl2NO4S2. The molecule has 0 aromatic heterocycles. The molecule has 31 heavy (non-hydrogen) atoms. The van der Waals surface area contributed by atoms with E-state index < -0.39 is 5.97 Å². The summed E-state index contributed by atoms with van der Waals surface area (Å²) in [5.74, 6) is 0.233. The number of carboxylic acid groups (broad SMARTS) is 1. The summed E-state index contributed by atoms with van der Waals surface area (Å²) in [5.41, 5.74) is 0.687. The van der Waals surface area contributed by atoms with Gasteiger partial charge in [0, 0.05) is 18.0 Å². The topological polar surface area (TPSA) is 66.8 Å². The Balaban J connectivity index is 1.63. The first kappa shape index (κ1) is 23.6. The van der Waals surface area contributed by atoms with Crippen LogP contribution in [0.1, 0.15) is 31.2 Å². The van der Waals surface area contributed by atoms with Gasteiger partial charge in [-0.15, -0.1) is 0 Å². The third kappa shape index (κ3) is 6.71. The van der Waals surface area contributed by atoms with Crippen LogP contribution in [-0.2, 0) is 9.59 Å². The van der Waals surface area contributed by atoms with Crippen LogP contribution in [0.4, 0.5) is 0 Å². The Hall–Kier alpha value is -2.06. The summed E-state index contributed by atoms with van der Waals surface area (Å²) < 4.78 is 6.27. The summed E-state index contributed by atoms with van der Waals surface area (Å²) in [5, 5.41) is 9.76. The van der Waals surface area contributed by atoms with Crippen molar-refractivity contribution >= 4 is 69.5 Å². The van der Waals surface area contributed by atoms with Crippen molar-refractivity contribution in [2.75, 3.05) is 6.54 Å². The maximum Gasteiger partial charge on any atom is 0.303 e. The number of nitrogens with zero attached hydrogens (tertiary/aromatic N) is 1. The fourth-order valence-electron chi connectivity index (χ4n) is 2.88. The van der Waals surface area contributed by atoms with Gasteiger partial charge in [0.15, 0.2) is 0 Å². The van der Waals surface area contributed by atoms with E-state index in [9.17, 15) is 9.59 Å². The molecule has 3 rings (SSSR count). The largest absolute Gasteiger partial charge is 0.481 e. The number of carbonyl (C=O) groups excluding carboxylic acids is 1. The first-order valence-corrected chi connectivity index (χ1v) is 11.5. The number of ether oxygens (including phenoxy) is 1. The Bertz CT molecular complexity index is 1020. The first-order valence-electron chi connectivity index (χ1n) is 9.53. The molecule has 1 aliphatic rings. The van der Waals surface area contributed by atoms with E-state index in [-0.39, 0.29) is 12.3 Å². The van der Waals surface area contributed by atoms with Gasteiger partial charge in [0.25, 0.3) is 5.91 Å². The van der Waals surface area contributed by atoms with Gasteiger partial charge in [0.1, 0.15) is 15.8 Å². The molecule has 0 radical (unpaired) electrons. The molecule has 0 unspecified atom stereocenters. The summed E-state index contributed by atoms with van der Waals surface area (Å²) in [6, 6.07) is 12.2. The second-order valence-electron chi connectivity index (χ2n) is 6.78. The summed E-state index contributed by atoms with van der Waals surface area (Å²) in [6.07, 6.45) is 3.86. The van der Waals surface area contributed by atoms with Crippen LogP contribution in [0.5, 0.6) is 11.5 Å². The molecular weight excluding hydrogens is 477 g/mol. The van der Waals surface area contributed by atoms with Gasteiger partial charge < -0.3 is 9.84 Å². The Kier molecular flexibility index (Phi) is 8.37. The van der Waals surface area contributed by atoms with Gasteiger partial charge >= 0.3 is 5.97 Å². The van der Waals surface area contributed by atoms with Crippen molar-refractivity contribution < 1.29 is 19.4 Å². The molecule has 1 saturated heterocycles. The molecule has 9 heteroatoms. The Labute approximate surface area is 200 Å². The van der Waals surface area contributed by atoms with Crippen LogP contribution in [0.25, 0.3) is 6.08 Å². The molecule has 0 saturated carbocycles. The number of unbranched alkanes of at least 4 members (excludes halogenated alkanes) is 2. The van der Waals surface area contributed by atoms with Crippen LogP contribution in [0.3, 0.4) is 0 Å². The predicted molar refractivity (Wildman–Crippen MR) is 129 cm³/mol. The quantitative estimate of drug-likeness (QED) is 0.239. The second kappa shape index (κ2) is 11.0. The fourth-order valence-corrected chi connectivity index (χ4v) is 4.53. The number of hydrogen-bond acceptors (Lipinski definition) is 5. The highest BCUT2D eigenvalue weighted by Gasteiger charge is 2.31. The Morgan fingerprint density at radius 2 is 1.81 bits per heavy atom. The van der Waals surface area contributed by atoms with Crippen molar-refractivity contribution in [2.24, 2.45) is 0 Å². The third-order valence-electron chi connectivity index (χ3n) is 4.45. The van der Waals surface area contributed by atoms with Crippen molar-refractivity contribution in [3.8, 4) is 11.5 Å². The second-order valence-corrected chi connectivity index (χ2v) is 9.30. The number of halogens is 2. The lowest BCUT2D eigenvalue weighted by molar-refractivity contribution is -0.137.